The molecule has 0 N–H and O–H groups in total. The molecule has 0 amide bonds. The maximum atomic E-state index is 6.07. The third-order valence-electron chi connectivity index (χ3n) is 3.08. The van der Waals surface area contributed by atoms with Gasteiger partial charge in [0.1, 0.15) is 0 Å². The number of rotatable bonds is 1. The zero-order valence-electron chi connectivity index (χ0n) is 8.23. The van der Waals surface area contributed by atoms with Crippen LogP contribution in [0.1, 0.15) is 42.9 Å². The number of hydrogen-bond acceptors (Lipinski definition) is 0. The highest BCUT2D eigenvalue weighted by atomic mass is 35.5. The Morgan fingerprint density at radius 3 is 2.92 bits per heavy atom. The van der Waals surface area contributed by atoms with Gasteiger partial charge in [-0.3, -0.25) is 0 Å². The molecule has 13 heavy (non-hydrogen) atoms. The van der Waals surface area contributed by atoms with Crippen molar-refractivity contribution in [1.82, 2.24) is 0 Å². The first-order valence-electron chi connectivity index (χ1n) is 5.03. The Morgan fingerprint density at radius 1 is 1.46 bits per heavy atom. The SMILES string of the molecule is CCc1cc(Cl)cc2c1CCC2C. The highest BCUT2D eigenvalue weighted by Gasteiger charge is 2.21. The van der Waals surface area contributed by atoms with Gasteiger partial charge in [0, 0.05) is 5.02 Å². The molecule has 0 aliphatic heterocycles. The average Bonchev–Trinajstić information content (AvgIpc) is 2.47. The van der Waals surface area contributed by atoms with E-state index in [-0.39, 0.29) is 0 Å². The van der Waals surface area contributed by atoms with Crippen LogP contribution in [0.3, 0.4) is 0 Å². The van der Waals surface area contributed by atoms with E-state index in [2.05, 4.69) is 26.0 Å². The number of fused-ring (bicyclic) bond motifs is 1. The molecule has 1 aliphatic carbocycles. The first-order valence-corrected chi connectivity index (χ1v) is 5.41. The van der Waals surface area contributed by atoms with Gasteiger partial charge in [0.2, 0.25) is 0 Å². The number of benzene rings is 1. The van der Waals surface area contributed by atoms with Crippen LogP contribution in [0.2, 0.25) is 5.02 Å². The van der Waals surface area contributed by atoms with Gasteiger partial charge in [-0.25, -0.2) is 0 Å². The van der Waals surface area contributed by atoms with Crippen LogP contribution < -0.4 is 0 Å². The maximum Gasteiger partial charge on any atom is 0.0411 e. The second-order valence-corrected chi connectivity index (χ2v) is 4.36. The normalized spacial score (nSPS) is 20.4. The van der Waals surface area contributed by atoms with Crippen LogP contribution in [0, 0.1) is 0 Å². The van der Waals surface area contributed by atoms with Gasteiger partial charge in [-0.15, -0.1) is 0 Å². The Balaban J connectivity index is 2.56. The smallest absolute Gasteiger partial charge is 0.0411 e. The van der Waals surface area contributed by atoms with Crippen molar-refractivity contribution in [1.29, 1.82) is 0 Å². The zero-order chi connectivity index (χ0) is 9.42. The predicted octanol–water partition coefficient (Wildman–Crippen LogP) is 3.95. The third-order valence-corrected chi connectivity index (χ3v) is 3.30. The van der Waals surface area contributed by atoms with Crippen LogP contribution in [0.25, 0.3) is 0 Å². The van der Waals surface area contributed by atoms with Gasteiger partial charge >= 0.3 is 0 Å². The van der Waals surface area contributed by atoms with Gasteiger partial charge < -0.3 is 0 Å². The van der Waals surface area contributed by atoms with E-state index >= 15 is 0 Å². The largest absolute Gasteiger partial charge is 0.0843 e. The molecule has 0 saturated heterocycles. The summed E-state index contributed by atoms with van der Waals surface area (Å²) in [6, 6.07) is 4.27. The van der Waals surface area contributed by atoms with Gasteiger partial charge in [0.15, 0.2) is 0 Å². The van der Waals surface area contributed by atoms with Crippen LogP contribution in [-0.4, -0.2) is 0 Å². The minimum absolute atomic E-state index is 0.707. The predicted molar refractivity (Wildman–Crippen MR) is 57.6 cm³/mol. The summed E-state index contributed by atoms with van der Waals surface area (Å²) in [5.74, 6) is 0.707. The Hall–Kier alpha value is -0.490. The fraction of sp³-hybridized carbons (Fsp3) is 0.500. The van der Waals surface area contributed by atoms with Crippen LogP contribution in [0.4, 0.5) is 0 Å². The number of aryl methyl sites for hydroxylation is 1. The first kappa shape index (κ1) is 9.08. The van der Waals surface area contributed by atoms with Crippen molar-refractivity contribution < 1.29 is 0 Å². The lowest BCUT2D eigenvalue weighted by atomic mass is 9.98. The Bertz CT molecular complexity index is 328. The van der Waals surface area contributed by atoms with Crippen LogP contribution in [0.15, 0.2) is 12.1 Å². The van der Waals surface area contributed by atoms with Crippen molar-refractivity contribution in [3.63, 3.8) is 0 Å². The van der Waals surface area contributed by atoms with Crippen LogP contribution in [0.5, 0.6) is 0 Å². The van der Waals surface area contributed by atoms with Crippen molar-refractivity contribution in [2.24, 2.45) is 0 Å². The molecule has 0 nitrogen and oxygen atoms in total. The van der Waals surface area contributed by atoms with E-state index in [1.54, 1.807) is 5.56 Å². The molecule has 0 bridgehead atoms. The second-order valence-electron chi connectivity index (χ2n) is 3.93. The van der Waals surface area contributed by atoms with E-state index < -0.39 is 0 Å². The summed E-state index contributed by atoms with van der Waals surface area (Å²) in [7, 11) is 0. The lowest BCUT2D eigenvalue weighted by Crippen LogP contribution is -1.92. The lowest BCUT2D eigenvalue weighted by molar-refractivity contribution is 0.747. The fourth-order valence-corrected chi connectivity index (χ4v) is 2.54. The van der Waals surface area contributed by atoms with E-state index in [4.69, 9.17) is 11.6 Å². The Morgan fingerprint density at radius 2 is 2.23 bits per heavy atom. The summed E-state index contributed by atoms with van der Waals surface area (Å²) in [6.07, 6.45) is 3.65. The van der Waals surface area contributed by atoms with E-state index in [0.717, 1.165) is 11.4 Å². The molecule has 0 fully saturated rings. The molecule has 1 aromatic carbocycles. The highest BCUT2D eigenvalue weighted by molar-refractivity contribution is 6.30. The second kappa shape index (κ2) is 3.34. The monoisotopic (exact) mass is 194 g/mol. The Labute approximate surface area is 84.9 Å². The maximum absolute atomic E-state index is 6.07. The van der Waals surface area contributed by atoms with Gasteiger partial charge in [-0.2, -0.15) is 0 Å². The minimum Gasteiger partial charge on any atom is -0.0843 e. The molecule has 2 rings (SSSR count). The van der Waals surface area contributed by atoms with E-state index in [0.29, 0.717) is 5.92 Å². The Kier molecular flexibility index (Phi) is 2.33. The van der Waals surface area contributed by atoms with E-state index in [1.807, 2.05) is 0 Å². The number of hydrogen-bond donors (Lipinski definition) is 0. The molecule has 1 aliphatic rings. The molecule has 0 heterocycles. The quantitative estimate of drug-likeness (QED) is 0.635. The van der Waals surface area contributed by atoms with Crippen LogP contribution >= 0.6 is 11.6 Å². The third kappa shape index (κ3) is 1.48. The summed E-state index contributed by atoms with van der Waals surface area (Å²) in [5.41, 5.74) is 4.51. The molecule has 0 spiro atoms. The van der Waals surface area contributed by atoms with Crippen LogP contribution in [-0.2, 0) is 12.8 Å². The van der Waals surface area contributed by atoms with Crippen molar-refractivity contribution in [3.8, 4) is 0 Å². The minimum atomic E-state index is 0.707. The molecule has 0 radical (unpaired) electrons. The summed E-state index contributed by atoms with van der Waals surface area (Å²) in [4.78, 5) is 0. The zero-order valence-corrected chi connectivity index (χ0v) is 8.99. The van der Waals surface area contributed by atoms with E-state index in [1.165, 1.54) is 24.0 Å². The van der Waals surface area contributed by atoms with Gasteiger partial charge in [0.25, 0.3) is 0 Å². The lowest BCUT2D eigenvalue weighted by Gasteiger charge is -2.09. The van der Waals surface area contributed by atoms with Gasteiger partial charge in [-0.1, -0.05) is 25.4 Å². The number of halogens is 1. The molecule has 0 aromatic heterocycles. The molecule has 1 heteroatoms. The van der Waals surface area contributed by atoms with Crippen molar-refractivity contribution in [3.05, 3.63) is 33.8 Å². The molecular formula is C12H15Cl. The molecule has 70 valence electrons. The standard InChI is InChI=1S/C12H15Cl/c1-3-9-6-10(13)7-12-8(2)4-5-11(9)12/h6-8H,3-5H2,1-2H3. The van der Waals surface area contributed by atoms with Crippen molar-refractivity contribution >= 4 is 11.6 Å². The van der Waals surface area contributed by atoms with Crippen molar-refractivity contribution in [2.75, 3.05) is 0 Å². The first-order chi connectivity index (χ1) is 6.22. The summed E-state index contributed by atoms with van der Waals surface area (Å²) < 4.78 is 0. The summed E-state index contributed by atoms with van der Waals surface area (Å²) >= 11 is 6.07. The summed E-state index contributed by atoms with van der Waals surface area (Å²) in [6.45, 7) is 4.50. The fourth-order valence-electron chi connectivity index (χ4n) is 2.29. The summed E-state index contributed by atoms with van der Waals surface area (Å²) in [5, 5.41) is 0.907. The molecule has 1 atom stereocenters. The molecule has 1 unspecified atom stereocenters. The van der Waals surface area contributed by atoms with E-state index in [9.17, 15) is 0 Å². The molecule has 0 saturated carbocycles. The average molecular weight is 195 g/mol. The topological polar surface area (TPSA) is 0 Å². The van der Waals surface area contributed by atoms with Crippen molar-refractivity contribution in [2.45, 2.75) is 39.0 Å². The van der Waals surface area contributed by atoms with Gasteiger partial charge in [0.05, 0.1) is 0 Å². The highest BCUT2D eigenvalue weighted by Crippen LogP contribution is 2.36. The molecule has 1 aromatic rings. The van der Waals surface area contributed by atoms with Gasteiger partial charge in [-0.05, 0) is 54.0 Å². The molecular weight excluding hydrogens is 180 g/mol.